The lowest BCUT2D eigenvalue weighted by molar-refractivity contribution is -0.141. The van der Waals surface area contributed by atoms with Gasteiger partial charge < -0.3 is 9.64 Å². The molecule has 0 fully saturated rings. The van der Waals surface area contributed by atoms with E-state index >= 15 is 0 Å². The second-order valence-electron chi connectivity index (χ2n) is 3.43. The number of hydrogen-bond donors (Lipinski definition) is 0. The fourth-order valence-corrected chi connectivity index (χ4v) is 1.35. The summed E-state index contributed by atoms with van der Waals surface area (Å²) in [5.74, 6) is -0.503. The molecule has 0 aromatic carbocycles. The van der Waals surface area contributed by atoms with Crippen LogP contribution in [0.4, 0.5) is 10.3 Å². The Hall–Kier alpha value is -1.72. The highest BCUT2D eigenvalue weighted by molar-refractivity contribution is 5.74. The summed E-state index contributed by atoms with van der Waals surface area (Å²) in [6.45, 7) is 4.75. The summed E-state index contributed by atoms with van der Waals surface area (Å²) >= 11 is 0. The van der Waals surface area contributed by atoms with Gasteiger partial charge in [0.15, 0.2) is 5.82 Å². The van der Waals surface area contributed by atoms with Crippen molar-refractivity contribution in [1.29, 1.82) is 0 Å². The maximum atomic E-state index is 12.7. The minimum absolute atomic E-state index is 0.0767. The summed E-state index contributed by atoms with van der Waals surface area (Å²) in [5, 5.41) is 0. The molecule has 94 valence electrons. The quantitative estimate of drug-likeness (QED) is 0.704. The van der Waals surface area contributed by atoms with Crippen molar-refractivity contribution >= 4 is 11.9 Å². The van der Waals surface area contributed by atoms with Crippen LogP contribution in [0.1, 0.15) is 20.3 Å². The van der Waals surface area contributed by atoms with Crippen LogP contribution in [0.15, 0.2) is 12.4 Å². The first-order chi connectivity index (χ1) is 8.17. The van der Waals surface area contributed by atoms with E-state index in [4.69, 9.17) is 4.74 Å². The minimum atomic E-state index is -0.499. The van der Waals surface area contributed by atoms with Crippen LogP contribution in [-0.2, 0) is 9.53 Å². The van der Waals surface area contributed by atoms with Crippen LogP contribution in [-0.4, -0.2) is 35.6 Å². The molecular weight excluding hydrogens is 225 g/mol. The number of carbonyl (C=O) groups is 1. The molecule has 6 heteroatoms. The first-order valence-electron chi connectivity index (χ1n) is 5.55. The van der Waals surface area contributed by atoms with Crippen LogP contribution >= 0.6 is 0 Å². The van der Waals surface area contributed by atoms with Crippen LogP contribution in [0.3, 0.4) is 0 Å². The number of nitrogens with zero attached hydrogens (tertiary/aromatic N) is 3. The summed E-state index contributed by atoms with van der Waals surface area (Å²) in [6.07, 6.45) is 2.99. The minimum Gasteiger partial charge on any atom is -0.465 e. The molecule has 0 radical (unpaired) electrons. The lowest BCUT2D eigenvalue weighted by Gasteiger charge is -2.20. The molecule has 0 spiro atoms. The maximum absolute atomic E-state index is 12.7. The van der Waals surface area contributed by atoms with Gasteiger partial charge in [-0.15, -0.1) is 0 Å². The van der Waals surface area contributed by atoms with Crippen molar-refractivity contribution in [3.8, 4) is 0 Å². The van der Waals surface area contributed by atoms with E-state index in [1.807, 2.05) is 6.92 Å². The molecule has 1 heterocycles. The van der Waals surface area contributed by atoms with Gasteiger partial charge in [0.2, 0.25) is 5.95 Å². The number of anilines is 1. The smallest absolute Gasteiger partial charge is 0.325 e. The number of halogens is 1. The summed E-state index contributed by atoms with van der Waals surface area (Å²) in [5.41, 5.74) is 0. The molecule has 0 aliphatic carbocycles. The van der Waals surface area contributed by atoms with Crippen molar-refractivity contribution in [2.24, 2.45) is 0 Å². The second kappa shape index (κ2) is 6.78. The van der Waals surface area contributed by atoms with Crippen molar-refractivity contribution in [1.82, 2.24) is 9.97 Å². The Balaban J connectivity index is 2.71. The van der Waals surface area contributed by atoms with Crippen LogP contribution in [0, 0.1) is 5.82 Å². The molecule has 0 aliphatic heterocycles. The zero-order valence-electron chi connectivity index (χ0n) is 10.0. The highest BCUT2D eigenvalue weighted by Gasteiger charge is 2.13. The third kappa shape index (κ3) is 4.34. The fraction of sp³-hybridized carbons (Fsp3) is 0.545. The van der Waals surface area contributed by atoms with Crippen LogP contribution in [0.2, 0.25) is 0 Å². The van der Waals surface area contributed by atoms with Gasteiger partial charge in [0.25, 0.3) is 0 Å². The van der Waals surface area contributed by atoms with Gasteiger partial charge in [-0.1, -0.05) is 6.92 Å². The number of ether oxygens (including phenoxy) is 1. The summed E-state index contributed by atoms with van der Waals surface area (Å²) in [7, 11) is 0. The van der Waals surface area contributed by atoms with E-state index in [9.17, 15) is 9.18 Å². The topological polar surface area (TPSA) is 55.3 Å². The number of esters is 1. The largest absolute Gasteiger partial charge is 0.465 e. The van der Waals surface area contributed by atoms with Gasteiger partial charge >= 0.3 is 5.97 Å². The van der Waals surface area contributed by atoms with E-state index in [2.05, 4.69) is 9.97 Å². The van der Waals surface area contributed by atoms with Gasteiger partial charge in [0.05, 0.1) is 19.0 Å². The Labute approximate surface area is 99.6 Å². The molecule has 17 heavy (non-hydrogen) atoms. The zero-order chi connectivity index (χ0) is 12.7. The highest BCUT2D eigenvalue weighted by atomic mass is 19.1. The monoisotopic (exact) mass is 241 g/mol. The molecular formula is C11H16FN3O2. The molecule has 0 atom stereocenters. The first kappa shape index (κ1) is 13.3. The lowest BCUT2D eigenvalue weighted by atomic mass is 10.4. The van der Waals surface area contributed by atoms with Gasteiger partial charge in [-0.3, -0.25) is 4.79 Å². The van der Waals surface area contributed by atoms with E-state index in [1.165, 1.54) is 0 Å². The first-order valence-corrected chi connectivity index (χ1v) is 5.55. The Morgan fingerprint density at radius 2 is 2.06 bits per heavy atom. The van der Waals surface area contributed by atoms with Crippen LogP contribution < -0.4 is 4.90 Å². The third-order valence-corrected chi connectivity index (χ3v) is 2.01. The van der Waals surface area contributed by atoms with E-state index in [-0.39, 0.29) is 12.5 Å². The van der Waals surface area contributed by atoms with Gasteiger partial charge in [0.1, 0.15) is 6.54 Å². The zero-order valence-corrected chi connectivity index (χ0v) is 10.0. The average molecular weight is 241 g/mol. The van der Waals surface area contributed by atoms with Gasteiger partial charge in [0, 0.05) is 6.54 Å². The van der Waals surface area contributed by atoms with E-state index < -0.39 is 5.82 Å². The second-order valence-corrected chi connectivity index (χ2v) is 3.43. The molecule has 1 aromatic heterocycles. The van der Waals surface area contributed by atoms with E-state index in [1.54, 1.807) is 11.8 Å². The molecule has 0 bridgehead atoms. The predicted octanol–water partition coefficient (Wildman–Crippen LogP) is 1.40. The predicted molar refractivity (Wildman–Crippen MR) is 61.1 cm³/mol. The summed E-state index contributed by atoms with van der Waals surface area (Å²) < 4.78 is 17.5. The molecule has 0 saturated heterocycles. The number of rotatable bonds is 6. The van der Waals surface area contributed by atoms with Crippen molar-refractivity contribution in [2.75, 3.05) is 24.6 Å². The summed E-state index contributed by atoms with van der Waals surface area (Å²) in [4.78, 5) is 20.7. The molecule has 0 saturated carbocycles. The van der Waals surface area contributed by atoms with E-state index in [0.29, 0.717) is 19.1 Å². The molecule has 1 rings (SSSR count). The lowest BCUT2D eigenvalue weighted by Crippen LogP contribution is -2.33. The Morgan fingerprint density at radius 1 is 1.41 bits per heavy atom. The van der Waals surface area contributed by atoms with Crippen LogP contribution in [0.5, 0.6) is 0 Å². The van der Waals surface area contributed by atoms with E-state index in [0.717, 1.165) is 18.8 Å². The molecule has 5 nitrogen and oxygen atoms in total. The van der Waals surface area contributed by atoms with Crippen LogP contribution in [0.25, 0.3) is 0 Å². The van der Waals surface area contributed by atoms with Gasteiger partial charge in [-0.25, -0.2) is 14.4 Å². The number of carbonyl (C=O) groups excluding carboxylic acids is 1. The average Bonchev–Trinajstić information content (AvgIpc) is 2.30. The highest BCUT2D eigenvalue weighted by Crippen LogP contribution is 2.07. The number of aromatic nitrogens is 2. The fourth-order valence-electron chi connectivity index (χ4n) is 1.35. The third-order valence-electron chi connectivity index (χ3n) is 2.01. The Bertz CT molecular complexity index is 356. The molecule has 0 unspecified atom stereocenters. The molecule has 1 aromatic rings. The Morgan fingerprint density at radius 3 is 2.59 bits per heavy atom. The van der Waals surface area contributed by atoms with Crippen molar-refractivity contribution < 1.29 is 13.9 Å². The maximum Gasteiger partial charge on any atom is 0.325 e. The molecule has 0 aliphatic rings. The SMILES string of the molecule is CCCN(CC(=O)OCC)c1ncc(F)cn1. The van der Waals surface area contributed by atoms with Crippen molar-refractivity contribution in [3.05, 3.63) is 18.2 Å². The number of hydrogen-bond acceptors (Lipinski definition) is 5. The summed E-state index contributed by atoms with van der Waals surface area (Å²) in [6, 6.07) is 0. The normalized spacial score (nSPS) is 10.1. The van der Waals surface area contributed by atoms with Gasteiger partial charge in [-0.05, 0) is 13.3 Å². The molecule has 0 amide bonds. The van der Waals surface area contributed by atoms with Crippen molar-refractivity contribution in [2.45, 2.75) is 20.3 Å². The van der Waals surface area contributed by atoms with Crippen molar-refractivity contribution in [3.63, 3.8) is 0 Å². The van der Waals surface area contributed by atoms with Gasteiger partial charge in [-0.2, -0.15) is 0 Å². The standard InChI is InChI=1S/C11H16FN3O2/c1-3-5-15(8-10(16)17-4-2)11-13-6-9(12)7-14-11/h6-7H,3-5,8H2,1-2H3. The molecule has 0 N–H and O–H groups in total. The Kier molecular flexibility index (Phi) is 5.32.